The number of carbonyl (C=O) groups excluding carboxylic acids is 1. The van der Waals surface area contributed by atoms with E-state index in [-0.39, 0.29) is 16.9 Å². The van der Waals surface area contributed by atoms with Crippen LogP contribution >= 0.6 is 15.9 Å². The molecule has 1 aliphatic heterocycles. The molecule has 0 spiro atoms. The van der Waals surface area contributed by atoms with Crippen LogP contribution in [0.1, 0.15) is 41.0 Å². The average molecular weight is 580 g/mol. The van der Waals surface area contributed by atoms with E-state index in [9.17, 15) is 4.79 Å². The first-order chi connectivity index (χ1) is 17.7. The first kappa shape index (κ1) is 27.6. The molecule has 1 atom stereocenters. The normalized spacial score (nSPS) is 15.4. The molecule has 3 aromatic rings. The molecule has 4 rings (SSSR count). The number of carbonyl (C=O) groups is 1. The van der Waals surface area contributed by atoms with E-state index in [1.54, 1.807) is 0 Å². The van der Waals surface area contributed by atoms with Crippen LogP contribution in [0.15, 0.2) is 83.3 Å². The summed E-state index contributed by atoms with van der Waals surface area (Å²) in [5.41, 5.74) is 2.10. The monoisotopic (exact) mass is 578 g/mol. The highest BCUT2D eigenvalue weighted by Gasteiger charge is 2.50. The maximum absolute atomic E-state index is 12.9. The smallest absolute Gasteiger partial charge is 0.261 e. The second kappa shape index (κ2) is 11.5. The van der Waals surface area contributed by atoms with Gasteiger partial charge in [0, 0.05) is 37.1 Å². The van der Waals surface area contributed by atoms with Gasteiger partial charge in [-0.2, -0.15) is 0 Å². The Morgan fingerprint density at radius 1 is 0.946 bits per heavy atom. The van der Waals surface area contributed by atoms with Crippen LogP contribution in [0.3, 0.4) is 0 Å². The molecule has 4 nitrogen and oxygen atoms in total. The van der Waals surface area contributed by atoms with Gasteiger partial charge < -0.3 is 14.2 Å². The van der Waals surface area contributed by atoms with Crippen molar-refractivity contribution in [3.05, 3.63) is 83.3 Å². The van der Waals surface area contributed by atoms with Crippen molar-refractivity contribution in [3.63, 3.8) is 0 Å². The number of rotatable bonds is 8. The van der Waals surface area contributed by atoms with Crippen LogP contribution in [0.4, 0.5) is 11.4 Å². The van der Waals surface area contributed by atoms with Crippen LogP contribution in [0.25, 0.3) is 0 Å². The highest BCUT2D eigenvalue weighted by atomic mass is 79.9. The fraction of sp³-hybridized carbons (Fsp3) is 0.387. The number of halogens is 1. The van der Waals surface area contributed by atoms with Crippen molar-refractivity contribution in [2.75, 3.05) is 36.0 Å². The Morgan fingerprint density at radius 3 is 2.08 bits per heavy atom. The van der Waals surface area contributed by atoms with E-state index >= 15 is 0 Å². The highest BCUT2D eigenvalue weighted by molar-refractivity contribution is 9.10. The lowest BCUT2D eigenvalue weighted by Gasteiger charge is -2.43. The molecule has 0 N–H and O–H groups in total. The van der Waals surface area contributed by atoms with E-state index in [4.69, 9.17) is 4.43 Å². The fourth-order valence-electron chi connectivity index (χ4n) is 5.59. The van der Waals surface area contributed by atoms with Gasteiger partial charge in [-0.1, -0.05) is 104 Å². The molecule has 0 aliphatic carbocycles. The van der Waals surface area contributed by atoms with E-state index in [0.29, 0.717) is 26.1 Å². The number of anilines is 2. The number of amides is 1. The molecule has 0 bridgehead atoms. The quantitative estimate of drug-likeness (QED) is 0.297. The summed E-state index contributed by atoms with van der Waals surface area (Å²) in [5.74, 6) is 0.460. The molecular formula is C31H39BrN2O2Si. The predicted octanol–water partition coefficient (Wildman–Crippen LogP) is 6.22. The van der Waals surface area contributed by atoms with Gasteiger partial charge in [0.05, 0.1) is 11.4 Å². The first-order valence-corrected chi connectivity index (χ1v) is 16.0. The average Bonchev–Trinajstić information content (AvgIpc) is 3.00. The standard InChI is InChI=1S/C31H39BrN2O2Si/c1-6-34-28-18-17-25(32)21-29(28)33(20-19-30(34)35)22-24(2)23-36-37(31(3,4)5,26-13-9-7-10-14-26)27-15-11-8-12-16-27/h7-18,21,24H,6,19-20,22-23H2,1-5H3/t24-/m0/s1. The highest BCUT2D eigenvalue weighted by Crippen LogP contribution is 2.38. The van der Waals surface area contributed by atoms with Crippen LogP contribution < -0.4 is 20.2 Å². The predicted molar refractivity (Wildman–Crippen MR) is 162 cm³/mol. The molecule has 0 saturated carbocycles. The molecule has 6 heteroatoms. The molecule has 37 heavy (non-hydrogen) atoms. The Balaban J connectivity index is 1.63. The molecule has 3 aromatic carbocycles. The number of nitrogens with zero attached hydrogens (tertiary/aromatic N) is 2. The van der Waals surface area contributed by atoms with Crippen molar-refractivity contribution in [1.29, 1.82) is 0 Å². The maximum Gasteiger partial charge on any atom is 0.261 e. The van der Waals surface area contributed by atoms with Crippen molar-refractivity contribution >= 4 is 51.9 Å². The molecule has 1 aliphatic rings. The summed E-state index contributed by atoms with van der Waals surface area (Å²) in [7, 11) is -2.58. The topological polar surface area (TPSA) is 32.8 Å². The third kappa shape index (κ3) is 5.71. The van der Waals surface area contributed by atoms with E-state index in [1.807, 2.05) is 17.9 Å². The van der Waals surface area contributed by atoms with Gasteiger partial charge in [-0.05, 0) is 46.5 Å². The van der Waals surface area contributed by atoms with E-state index in [2.05, 4.69) is 121 Å². The van der Waals surface area contributed by atoms with Gasteiger partial charge >= 0.3 is 0 Å². The summed E-state index contributed by atoms with van der Waals surface area (Å²) in [6, 6.07) is 27.8. The first-order valence-electron chi connectivity index (χ1n) is 13.3. The van der Waals surface area contributed by atoms with Gasteiger partial charge in [-0.15, -0.1) is 0 Å². The summed E-state index contributed by atoms with van der Waals surface area (Å²) < 4.78 is 8.23. The molecule has 0 radical (unpaired) electrons. The molecule has 1 amide bonds. The lowest BCUT2D eigenvalue weighted by molar-refractivity contribution is -0.118. The van der Waals surface area contributed by atoms with Gasteiger partial charge in [-0.3, -0.25) is 4.79 Å². The van der Waals surface area contributed by atoms with Crippen LogP contribution in [0.2, 0.25) is 5.04 Å². The molecule has 0 saturated heterocycles. The third-order valence-corrected chi connectivity index (χ3v) is 12.8. The molecular weight excluding hydrogens is 540 g/mol. The number of hydrogen-bond acceptors (Lipinski definition) is 3. The number of fused-ring (bicyclic) bond motifs is 1. The van der Waals surface area contributed by atoms with Crippen molar-refractivity contribution in [3.8, 4) is 0 Å². The zero-order valence-electron chi connectivity index (χ0n) is 22.7. The van der Waals surface area contributed by atoms with Crippen molar-refractivity contribution in [2.24, 2.45) is 5.92 Å². The molecule has 0 aromatic heterocycles. The minimum absolute atomic E-state index is 0.0520. The van der Waals surface area contributed by atoms with Crippen LogP contribution in [0.5, 0.6) is 0 Å². The van der Waals surface area contributed by atoms with Crippen molar-refractivity contribution < 1.29 is 9.22 Å². The molecule has 196 valence electrons. The SMILES string of the molecule is CCN1C(=O)CCN(C[C@H](C)CO[Si](c2ccccc2)(c2ccccc2)C(C)(C)C)c2cc(Br)ccc21. The van der Waals surface area contributed by atoms with Crippen molar-refractivity contribution in [2.45, 2.75) is 46.1 Å². The molecule has 1 heterocycles. The lowest BCUT2D eigenvalue weighted by Crippen LogP contribution is -2.67. The zero-order chi connectivity index (χ0) is 26.6. The molecule has 0 fully saturated rings. The van der Waals surface area contributed by atoms with Crippen LogP contribution in [0, 0.1) is 5.92 Å². The molecule has 0 unspecified atom stereocenters. The second-order valence-corrected chi connectivity index (χ2v) is 16.3. The van der Waals surface area contributed by atoms with Crippen LogP contribution in [-0.2, 0) is 9.22 Å². The van der Waals surface area contributed by atoms with Gasteiger partial charge in [0.15, 0.2) is 0 Å². The number of benzene rings is 3. The maximum atomic E-state index is 12.9. The zero-order valence-corrected chi connectivity index (χ0v) is 25.3. The summed E-state index contributed by atoms with van der Waals surface area (Å²) >= 11 is 3.65. The largest absolute Gasteiger partial charge is 0.407 e. The summed E-state index contributed by atoms with van der Waals surface area (Å²) in [5, 5.41) is 2.55. The van der Waals surface area contributed by atoms with Gasteiger partial charge in [0.25, 0.3) is 8.32 Å². The summed E-state index contributed by atoms with van der Waals surface area (Å²) in [6.45, 7) is 14.1. The summed E-state index contributed by atoms with van der Waals surface area (Å²) in [4.78, 5) is 17.2. The van der Waals surface area contributed by atoms with Crippen molar-refractivity contribution in [1.82, 2.24) is 0 Å². The Labute approximate surface area is 231 Å². The second-order valence-electron chi connectivity index (χ2n) is 11.0. The Bertz CT molecular complexity index is 1160. The summed E-state index contributed by atoms with van der Waals surface area (Å²) in [6.07, 6.45) is 0.516. The fourth-order valence-corrected chi connectivity index (χ4v) is 10.6. The Kier molecular flexibility index (Phi) is 8.62. The van der Waals surface area contributed by atoms with E-state index < -0.39 is 8.32 Å². The Morgan fingerprint density at radius 2 is 1.54 bits per heavy atom. The van der Waals surface area contributed by atoms with Gasteiger partial charge in [0.1, 0.15) is 0 Å². The third-order valence-electron chi connectivity index (χ3n) is 7.32. The number of hydrogen-bond donors (Lipinski definition) is 0. The van der Waals surface area contributed by atoms with E-state index in [1.165, 1.54) is 10.4 Å². The van der Waals surface area contributed by atoms with Gasteiger partial charge in [0.2, 0.25) is 5.91 Å². The van der Waals surface area contributed by atoms with E-state index in [0.717, 1.165) is 22.4 Å². The minimum Gasteiger partial charge on any atom is -0.407 e. The van der Waals surface area contributed by atoms with Gasteiger partial charge in [-0.25, -0.2) is 0 Å². The van der Waals surface area contributed by atoms with Crippen LogP contribution in [-0.4, -0.2) is 40.5 Å². The lowest BCUT2D eigenvalue weighted by atomic mass is 10.1. The Hall–Kier alpha value is -2.41. The minimum atomic E-state index is -2.58.